The number of imidazole rings is 1. The summed E-state index contributed by atoms with van der Waals surface area (Å²) < 4.78 is 0. The highest BCUT2D eigenvalue weighted by Crippen LogP contribution is 2.27. The Bertz CT molecular complexity index is 1260. The summed E-state index contributed by atoms with van der Waals surface area (Å²) in [6.07, 6.45) is 0. The molecule has 3 aromatic carbocycles. The Morgan fingerprint density at radius 1 is 0.656 bits per heavy atom. The first-order valence-corrected chi connectivity index (χ1v) is 11.0. The number of hydrogen-bond acceptors (Lipinski definition) is 7. The molecule has 7 nitrogen and oxygen atoms in total. The van der Waals surface area contributed by atoms with Crippen LogP contribution in [0.4, 0.5) is 23.3 Å². The number of nitrogens with one attached hydrogen (secondary N) is 3. The Morgan fingerprint density at radius 2 is 1.22 bits per heavy atom. The Morgan fingerprint density at radius 3 is 1.78 bits per heavy atom. The number of hydrogen-bond donors (Lipinski definition) is 3. The number of aromatic nitrogens is 5. The fourth-order valence-electron chi connectivity index (χ4n) is 3.11. The lowest BCUT2D eigenvalue weighted by atomic mass is 10.2. The fourth-order valence-corrected chi connectivity index (χ4v) is 3.85. The standard InChI is InChI=1S/C24H21N7S/c1-15-7-11-17(12-8-15)25-21-29-22(26-18-13-9-16(2)10-14-18)31-24(30-21)32-23-27-19-5-3-4-6-20(19)28-23/h3-14H,1-2H3,(H,27,28)(H2,25,26,29,30,31). The van der Waals surface area contributed by atoms with Gasteiger partial charge in [0.2, 0.25) is 17.1 Å². The van der Waals surface area contributed by atoms with Gasteiger partial charge in [-0.1, -0.05) is 47.5 Å². The normalized spacial score (nSPS) is 10.9. The Balaban J connectivity index is 1.47. The van der Waals surface area contributed by atoms with Crippen molar-refractivity contribution in [2.24, 2.45) is 0 Å². The molecule has 0 bridgehead atoms. The monoisotopic (exact) mass is 439 g/mol. The predicted octanol–water partition coefficient (Wildman–Crippen LogP) is 6.00. The number of aryl methyl sites for hydroxylation is 2. The lowest BCUT2D eigenvalue weighted by Gasteiger charge is -2.10. The maximum atomic E-state index is 4.62. The molecular formula is C24H21N7S. The number of benzene rings is 3. The van der Waals surface area contributed by atoms with Crippen molar-refractivity contribution in [3.8, 4) is 0 Å². The molecule has 0 aliphatic carbocycles. The van der Waals surface area contributed by atoms with Crippen LogP contribution >= 0.6 is 11.8 Å². The number of para-hydroxylation sites is 2. The van der Waals surface area contributed by atoms with E-state index in [1.165, 1.54) is 22.9 Å². The molecule has 8 heteroatoms. The van der Waals surface area contributed by atoms with E-state index in [-0.39, 0.29) is 0 Å². The van der Waals surface area contributed by atoms with Gasteiger partial charge < -0.3 is 15.6 Å². The second-order valence-electron chi connectivity index (χ2n) is 7.41. The maximum Gasteiger partial charge on any atom is 0.233 e. The number of rotatable bonds is 6. The maximum absolute atomic E-state index is 4.62. The van der Waals surface area contributed by atoms with Gasteiger partial charge >= 0.3 is 0 Å². The smallest absolute Gasteiger partial charge is 0.233 e. The van der Waals surface area contributed by atoms with E-state index in [2.05, 4.69) is 49.4 Å². The van der Waals surface area contributed by atoms with Crippen LogP contribution in [0.1, 0.15) is 11.1 Å². The van der Waals surface area contributed by atoms with Crippen molar-refractivity contribution in [2.45, 2.75) is 24.2 Å². The number of anilines is 4. The number of fused-ring (bicyclic) bond motifs is 1. The molecule has 0 aliphatic heterocycles. The van der Waals surface area contributed by atoms with Gasteiger partial charge in [-0.15, -0.1) is 0 Å². The van der Waals surface area contributed by atoms with Crippen molar-refractivity contribution in [3.05, 3.63) is 83.9 Å². The molecule has 0 spiro atoms. The van der Waals surface area contributed by atoms with Crippen LogP contribution in [0.2, 0.25) is 0 Å². The van der Waals surface area contributed by atoms with E-state index in [1.54, 1.807) is 0 Å². The van der Waals surface area contributed by atoms with Crippen LogP contribution in [0.3, 0.4) is 0 Å². The molecule has 158 valence electrons. The largest absolute Gasteiger partial charge is 0.333 e. The summed E-state index contributed by atoms with van der Waals surface area (Å²) in [5, 5.41) is 7.80. The highest BCUT2D eigenvalue weighted by molar-refractivity contribution is 7.99. The van der Waals surface area contributed by atoms with Crippen molar-refractivity contribution in [1.29, 1.82) is 0 Å². The van der Waals surface area contributed by atoms with Gasteiger partial charge in [-0.2, -0.15) is 15.0 Å². The minimum absolute atomic E-state index is 0.456. The lowest BCUT2D eigenvalue weighted by molar-refractivity contribution is 0.913. The molecule has 5 rings (SSSR count). The van der Waals surface area contributed by atoms with Crippen molar-refractivity contribution < 1.29 is 0 Å². The van der Waals surface area contributed by atoms with E-state index in [4.69, 9.17) is 0 Å². The third-order valence-corrected chi connectivity index (χ3v) is 5.54. The topological polar surface area (TPSA) is 91.4 Å². The minimum atomic E-state index is 0.456. The average Bonchev–Trinajstić information content (AvgIpc) is 3.19. The van der Waals surface area contributed by atoms with Crippen molar-refractivity contribution in [1.82, 2.24) is 24.9 Å². The SMILES string of the molecule is Cc1ccc(Nc2nc(Nc3ccc(C)cc3)nc(Sc3nc4ccccc4[nH]3)n2)cc1. The Hall–Kier alpha value is -3.91. The zero-order valence-electron chi connectivity index (χ0n) is 17.6. The summed E-state index contributed by atoms with van der Waals surface area (Å²) in [5.41, 5.74) is 6.06. The van der Waals surface area contributed by atoms with Gasteiger partial charge in [-0.25, -0.2) is 4.98 Å². The zero-order chi connectivity index (χ0) is 21.9. The van der Waals surface area contributed by atoms with E-state index >= 15 is 0 Å². The fraction of sp³-hybridized carbons (Fsp3) is 0.0833. The van der Waals surface area contributed by atoms with Crippen molar-refractivity contribution in [2.75, 3.05) is 10.6 Å². The first-order chi connectivity index (χ1) is 15.6. The Labute approximate surface area is 189 Å². The second-order valence-corrected chi connectivity index (χ2v) is 8.36. The van der Waals surface area contributed by atoms with Crippen LogP contribution in [0.15, 0.2) is 83.1 Å². The average molecular weight is 440 g/mol. The highest BCUT2D eigenvalue weighted by Gasteiger charge is 2.12. The van der Waals surface area contributed by atoms with Crippen molar-refractivity contribution >= 4 is 46.1 Å². The van der Waals surface area contributed by atoms with E-state index in [1.807, 2.05) is 72.8 Å². The number of H-pyrrole nitrogens is 1. The summed E-state index contributed by atoms with van der Waals surface area (Å²) >= 11 is 1.36. The molecule has 0 saturated carbocycles. The van der Waals surface area contributed by atoms with Gasteiger partial charge in [-0.05, 0) is 62.0 Å². The summed E-state index contributed by atoms with van der Waals surface area (Å²) in [5.74, 6) is 0.911. The van der Waals surface area contributed by atoms with Gasteiger partial charge in [0, 0.05) is 11.4 Å². The van der Waals surface area contributed by atoms with Crippen LogP contribution in [0.25, 0.3) is 11.0 Å². The molecule has 5 aromatic rings. The molecule has 0 atom stereocenters. The molecule has 0 unspecified atom stereocenters. The third-order valence-electron chi connectivity index (χ3n) is 4.79. The van der Waals surface area contributed by atoms with E-state index < -0.39 is 0 Å². The molecule has 0 aliphatic rings. The van der Waals surface area contributed by atoms with E-state index in [9.17, 15) is 0 Å². The van der Waals surface area contributed by atoms with E-state index in [0.717, 1.165) is 27.6 Å². The lowest BCUT2D eigenvalue weighted by Crippen LogP contribution is -2.05. The molecule has 0 radical (unpaired) electrons. The molecule has 32 heavy (non-hydrogen) atoms. The molecule has 0 saturated heterocycles. The van der Waals surface area contributed by atoms with E-state index in [0.29, 0.717) is 17.1 Å². The van der Waals surface area contributed by atoms with Crippen LogP contribution in [-0.4, -0.2) is 24.9 Å². The summed E-state index contributed by atoms with van der Waals surface area (Å²) in [6, 6.07) is 24.1. The van der Waals surface area contributed by atoms with Gasteiger partial charge in [-0.3, -0.25) is 0 Å². The minimum Gasteiger partial charge on any atom is -0.333 e. The van der Waals surface area contributed by atoms with Crippen LogP contribution in [0, 0.1) is 13.8 Å². The first kappa shape index (κ1) is 20.0. The van der Waals surface area contributed by atoms with Crippen molar-refractivity contribution in [3.63, 3.8) is 0 Å². The third kappa shape index (κ3) is 4.70. The summed E-state index contributed by atoms with van der Waals surface area (Å²) in [6.45, 7) is 4.11. The predicted molar refractivity (Wildman–Crippen MR) is 129 cm³/mol. The summed E-state index contributed by atoms with van der Waals surface area (Å²) in [7, 11) is 0. The highest BCUT2D eigenvalue weighted by atomic mass is 32.2. The zero-order valence-corrected chi connectivity index (χ0v) is 18.4. The molecule has 3 N–H and O–H groups in total. The second kappa shape index (κ2) is 8.68. The molecule has 2 aromatic heterocycles. The van der Waals surface area contributed by atoms with Gasteiger partial charge in [0.25, 0.3) is 0 Å². The quantitative estimate of drug-likeness (QED) is 0.299. The van der Waals surface area contributed by atoms with Gasteiger partial charge in [0.15, 0.2) is 5.16 Å². The van der Waals surface area contributed by atoms with Gasteiger partial charge in [0.1, 0.15) is 0 Å². The first-order valence-electron chi connectivity index (χ1n) is 10.2. The number of aromatic amines is 1. The Kier molecular flexibility index (Phi) is 5.43. The van der Waals surface area contributed by atoms with Gasteiger partial charge in [0.05, 0.1) is 11.0 Å². The number of nitrogens with zero attached hydrogens (tertiary/aromatic N) is 4. The molecule has 0 fully saturated rings. The van der Waals surface area contributed by atoms with Crippen LogP contribution in [0.5, 0.6) is 0 Å². The molecule has 2 heterocycles. The summed E-state index contributed by atoms with van der Waals surface area (Å²) in [4.78, 5) is 21.7. The molecular weight excluding hydrogens is 418 g/mol. The van der Waals surface area contributed by atoms with Crippen LogP contribution < -0.4 is 10.6 Å². The molecule has 0 amide bonds. The van der Waals surface area contributed by atoms with Crippen LogP contribution in [-0.2, 0) is 0 Å².